The molecule has 0 aromatic heterocycles. The minimum Gasteiger partial charge on any atom is -0.496 e. The van der Waals surface area contributed by atoms with E-state index < -0.39 is 0 Å². The number of rotatable bonds is 4. The Morgan fingerprint density at radius 2 is 1.92 bits per heavy atom. The molecule has 7 heteroatoms. The van der Waals surface area contributed by atoms with Gasteiger partial charge in [-0.1, -0.05) is 23.7 Å². The fourth-order valence-electron chi connectivity index (χ4n) is 3.30. The highest BCUT2D eigenvalue weighted by Gasteiger charge is 2.27. The van der Waals surface area contributed by atoms with Gasteiger partial charge in [0.05, 0.1) is 24.4 Å². The van der Waals surface area contributed by atoms with Crippen LogP contribution < -0.4 is 19.1 Å². The summed E-state index contributed by atoms with van der Waals surface area (Å²) in [6.45, 7) is 2.48. The van der Waals surface area contributed by atoms with Crippen molar-refractivity contribution >= 4 is 23.2 Å². The molecule has 0 N–H and O–H groups in total. The monoisotopic (exact) mass is 374 g/mol. The average molecular weight is 375 g/mol. The Hall–Kier alpha value is -2.44. The molecular formula is C19H19ClN2O4. The van der Waals surface area contributed by atoms with Gasteiger partial charge in [-0.25, -0.2) is 0 Å². The predicted molar refractivity (Wildman–Crippen MR) is 98.2 cm³/mol. The standard InChI is InChI=1S/C19H19ClN2O4/c1-24-16-9-18-17(25-12-26-18)8-13(16)10-21-6-7-22(19(23)11-21)15-5-3-2-4-14(15)20/h2-5,8-9H,6-7,10-12H2,1H3. The molecule has 6 nitrogen and oxygen atoms in total. The van der Waals surface area contributed by atoms with Crippen LogP contribution in [0.4, 0.5) is 5.69 Å². The smallest absolute Gasteiger partial charge is 0.241 e. The van der Waals surface area contributed by atoms with Crippen molar-refractivity contribution in [3.05, 3.63) is 47.0 Å². The molecule has 1 saturated heterocycles. The summed E-state index contributed by atoms with van der Waals surface area (Å²) in [6, 6.07) is 11.2. The fourth-order valence-corrected chi connectivity index (χ4v) is 3.54. The van der Waals surface area contributed by atoms with Crippen molar-refractivity contribution in [3.8, 4) is 17.2 Å². The molecule has 2 aromatic rings. The van der Waals surface area contributed by atoms with Gasteiger partial charge < -0.3 is 19.1 Å². The first kappa shape index (κ1) is 17.0. The van der Waals surface area contributed by atoms with Crippen LogP contribution in [0.5, 0.6) is 17.2 Å². The number of methoxy groups -OCH3 is 1. The molecule has 0 saturated carbocycles. The largest absolute Gasteiger partial charge is 0.496 e. The molecule has 2 aliphatic rings. The first-order chi connectivity index (χ1) is 12.7. The second-order valence-corrected chi connectivity index (χ2v) is 6.63. The summed E-state index contributed by atoms with van der Waals surface area (Å²) in [5.74, 6) is 2.16. The van der Waals surface area contributed by atoms with Gasteiger partial charge in [-0.15, -0.1) is 0 Å². The molecule has 2 aromatic carbocycles. The number of benzene rings is 2. The molecule has 0 bridgehead atoms. The zero-order valence-corrected chi connectivity index (χ0v) is 15.2. The van der Waals surface area contributed by atoms with Crippen molar-refractivity contribution in [2.75, 3.05) is 38.4 Å². The van der Waals surface area contributed by atoms with Gasteiger partial charge in [0.15, 0.2) is 11.5 Å². The van der Waals surface area contributed by atoms with E-state index in [1.54, 1.807) is 18.1 Å². The Labute approximate surface area is 156 Å². The van der Waals surface area contributed by atoms with E-state index in [1.807, 2.05) is 30.3 Å². The quantitative estimate of drug-likeness (QED) is 0.823. The van der Waals surface area contributed by atoms with Crippen molar-refractivity contribution in [1.82, 2.24) is 4.90 Å². The molecule has 2 heterocycles. The number of hydrogen-bond donors (Lipinski definition) is 0. The molecule has 0 spiro atoms. The summed E-state index contributed by atoms with van der Waals surface area (Å²) in [4.78, 5) is 16.5. The van der Waals surface area contributed by atoms with Crippen LogP contribution in [-0.4, -0.2) is 44.3 Å². The lowest BCUT2D eigenvalue weighted by atomic mass is 10.1. The van der Waals surface area contributed by atoms with Gasteiger partial charge in [0, 0.05) is 31.3 Å². The van der Waals surface area contributed by atoms with E-state index in [-0.39, 0.29) is 12.7 Å². The normalized spacial score (nSPS) is 16.8. The van der Waals surface area contributed by atoms with Gasteiger partial charge >= 0.3 is 0 Å². The fraction of sp³-hybridized carbons (Fsp3) is 0.316. The summed E-state index contributed by atoms with van der Waals surface area (Å²) in [5, 5.41) is 0.590. The molecule has 26 heavy (non-hydrogen) atoms. The number of carbonyl (C=O) groups is 1. The summed E-state index contributed by atoms with van der Waals surface area (Å²) in [5.41, 5.74) is 1.73. The van der Waals surface area contributed by atoms with Crippen LogP contribution in [0.25, 0.3) is 0 Å². The van der Waals surface area contributed by atoms with E-state index in [9.17, 15) is 4.79 Å². The lowest BCUT2D eigenvalue weighted by Crippen LogP contribution is -2.50. The molecule has 4 rings (SSSR count). The second kappa shape index (κ2) is 7.05. The molecule has 136 valence electrons. The number of piperazine rings is 1. The summed E-state index contributed by atoms with van der Waals surface area (Å²) in [7, 11) is 1.63. The Balaban J connectivity index is 1.49. The highest BCUT2D eigenvalue weighted by atomic mass is 35.5. The van der Waals surface area contributed by atoms with Crippen molar-refractivity contribution in [2.24, 2.45) is 0 Å². The Morgan fingerprint density at radius 3 is 2.65 bits per heavy atom. The van der Waals surface area contributed by atoms with Crippen LogP contribution in [0.2, 0.25) is 5.02 Å². The number of fused-ring (bicyclic) bond motifs is 1. The second-order valence-electron chi connectivity index (χ2n) is 6.22. The molecule has 1 fully saturated rings. The van der Waals surface area contributed by atoms with Gasteiger partial charge in [-0.2, -0.15) is 0 Å². The van der Waals surface area contributed by atoms with Crippen molar-refractivity contribution in [3.63, 3.8) is 0 Å². The molecular weight excluding hydrogens is 356 g/mol. The van der Waals surface area contributed by atoms with Gasteiger partial charge in [0.25, 0.3) is 0 Å². The first-order valence-electron chi connectivity index (χ1n) is 8.39. The van der Waals surface area contributed by atoms with Crippen molar-refractivity contribution in [1.29, 1.82) is 0 Å². The van der Waals surface area contributed by atoms with E-state index in [4.69, 9.17) is 25.8 Å². The lowest BCUT2D eigenvalue weighted by Gasteiger charge is -2.34. The lowest BCUT2D eigenvalue weighted by molar-refractivity contribution is -0.121. The highest BCUT2D eigenvalue weighted by Crippen LogP contribution is 2.38. The highest BCUT2D eigenvalue weighted by molar-refractivity contribution is 6.33. The Morgan fingerprint density at radius 1 is 1.15 bits per heavy atom. The topological polar surface area (TPSA) is 51.2 Å². The maximum absolute atomic E-state index is 12.6. The van der Waals surface area contributed by atoms with E-state index in [0.717, 1.165) is 23.5 Å². The third-order valence-corrected chi connectivity index (χ3v) is 4.93. The minimum absolute atomic E-state index is 0.0315. The minimum atomic E-state index is 0.0315. The van der Waals surface area contributed by atoms with Crippen LogP contribution in [-0.2, 0) is 11.3 Å². The molecule has 1 amide bonds. The van der Waals surface area contributed by atoms with Gasteiger partial charge in [-0.3, -0.25) is 9.69 Å². The van der Waals surface area contributed by atoms with Gasteiger partial charge in [0.2, 0.25) is 12.7 Å². The van der Waals surface area contributed by atoms with Crippen LogP contribution in [0, 0.1) is 0 Å². The number of hydrogen-bond acceptors (Lipinski definition) is 5. The zero-order chi connectivity index (χ0) is 18.1. The Bertz CT molecular complexity index is 842. The molecule has 2 aliphatic heterocycles. The molecule has 0 atom stereocenters. The average Bonchev–Trinajstić information content (AvgIpc) is 3.09. The number of ether oxygens (including phenoxy) is 3. The SMILES string of the molecule is COc1cc2c(cc1CN1CCN(c3ccccc3Cl)C(=O)C1)OCO2. The number of amides is 1. The predicted octanol–water partition coefficient (Wildman–Crippen LogP) is 2.93. The third kappa shape index (κ3) is 3.18. The Kier molecular flexibility index (Phi) is 4.61. The van der Waals surface area contributed by atoms with E-state index in [2.05, 4.69) is 4.90 Å². The van der Waals surface area contributed by atoms with Crippen LogP contribution in [0.1, 0.15) is 5.56 Å². The molecule has 0 radical (unpaired) electrons. The van der Waals surface area contributed by atoms with Crippen molar-refractivity contribution < 1.29 is 19.0 Å². The first-order valence-corrected chi connectivity index (χ1v) is 8.77. The van der Waals surface area contributed by atoms with Gasteiger partial charge in [0.1, 0.15) is 5.75 Å². The van der Waals surface area contributed by atoms with E-state index >= 15 is 0 Å². The van der Waals surface area contributed by atoms with Gasteiger partial charge in [-0.05, 0) is 18.2 Å². The van der Waals surface area contributed by atoms with E-state index in [1.165, 1.54) is 0 Å². The summed E-state index contributed by atoms with van der Waals surface area (Å²) >= 11 is 6.23. The molecule has 0 aliphatic carbocycles. The van der Waals surface area contributed by atoms with Crippen LogP contribution >= 0.6 is 11.6 Å². The van der Waals surface area contributed by atoms with Crippen LogP contribution in [0.3, 0.4) is 0 Å². The summed E-state index contributed by atoms with van der Waals surface area (Å²) < 4.78 is 16.3. The van der Waals surface area contributed by atoms with Crippen molar-refractivity contribution in [2.45, 2.75) is 6.54 Å². The number of para-hydroxylation sites is 1. The maximum atomic E-state index is 12.6. The molecule has 0 unspecified atom stereocenters. The number of anilines is 1. The number of carbonyl (C=O) groups excluding carboxylic acids is 1. The number of nitrogens with zero attached hydrogens (tertiary/aromatic N) is 2. The number of halogens is 1. The zero-order valence-electron chi connectivity index (χ0n) is 14.4. The summed E-state index contributed by atoms with van der Waals surface area (Å²) in [6.07, 6.45) is 0. The third-order valence-electron chi connectivity index (χ3n) is 4.61. The van der Waals surface area contributed by atoms with Crippen LogP contribution in [0.15, 0.2) is 36.4 Å². The maximum Gasteiger partial charge on any atom is 0.241 e. The van der Waals surface area contributed by atoms with E-state index in [0.29, 0.717) is 36.2 Å².